The average Bonchev–Trinajstić information content (AvgIpc) is 2.75. The quantitative estimate of drug-likeness (QED) is 0.354. The number of carbonyl (C=O) groups is 1. The number of nitrogens with one attached hydrogen (secondary N) is 2. The van der Waals surface area contributed by atoms with E-state index in [4.69, 9.17) is 0 Å². The van der Waals surface area contributed by atoms with Crippen molar-refractivity contribution in [2.24, 2.45) is 0 Å². The Bertz CT molecular complexity index is 944. The maximum atomic E-state index is 13.7. The third kappa shape index (κ3) is 4.43. The molecule has 3 aromatic rings. The van der Waals surface area contributed by atoms with Gasteiger partial charge in [0, 0.05) is 0 Å². The third-order valence-electron chi connectivity index (χ3n) is 4.21. The maximum Gasteiger partial charge on any atom is 0.238 e. The standard InChI is InChI=1S/C21H15F5N2O/c22-15-16(23)18(25)21(19(26)17(15)24)28-14(29)11-27-20(12-7-3-1-4-8-12)13-9-5-2-6-10-13/h1-10,20,27H,11H2,(H,28,29). The lowest BCUT2D eigenvalue weighted by Crippen LogP contribution is -2.32. The fourth-order valence-corrected chi connectivity index (χ4v) is 2.81. The molecule has 0 aliphatic rings. The summed E-state index contributed by atoms with van der Waals surface area (Å²) in [6, 6.07) is 17.7. The van der Waals surface area contributed by atoms with E-state index in [2.05, 4.69) is 5.32 Å². The molecule has 29 heavy (non-hydrogen) atoms. The highest BCUT2D eigenvalue weighted by molar-refractivity contribution is 5.92. The van der Waals surface area contributed by atoms with Crippen molar-refractivity contribution in [3.63, 3.8) is 0 Å². The first-order valence-corrected chi connectivity index (χ1v) is 8.54. The van der Waals surface area contributed by atoms with Crippen molar-refractivity contribution >= 4 is 11.6 Å². The zero-order valence-electron chi connectivity index (χ0n) is 14.9. The molecule has 0 spiro atoms. The smallest absolute Gasteiger partial charge is 0.238 e. The van der Waals surface area contributed by atoms with E-state index in [0.717, 1.165) is 11.1 Å². The first-order valence-electron chi connectivity index (χ1n) is 8.54. The summed E-state index contributed by atoms with van der Waals surface area (Å²) in [7, 11) is 0. The van der Waals surface area contributed by atoms with Gasteiger partial charge in [-0.3, -0.25) is 10.1 Å². The summed E-state index contributed by atoms with van der Waals surface area (Å²) in [5.74, 6) is -11.7. The summed E-state index contributed by atoms with van der Waals surface area (Å²) >= 11 is 0. The topological polar surface area (TPSA) is 41.1 Å². The molecule has 3 nitrogen and oxygen atoms in total. The molecule has 1 amide bonds. The average molecular weight is 406 g/mol. The van der Waals surface area contributed by atoms with Crippen LogP contribution in [0.5, 0.6) is 0 Å². The Labute approximate surface area is 163 Å². The van der Waals surface area contributed by atoms with Gasteiger partial charge in [-0.15, -0.1) is 0 Å². The van der Waals surface area contributed by atoms with Crippen molar-refractivity contribution in [1.82, 2.24) is 5.32 Å². The van der Waals surface area contributed by atoms with Crippen molar-refractivity contribution in [2.75, 3.05) is 11.9 Å². The molecule has 0 unspecified atom stereocenters. The Morgan fingerprint density at radius 2 is 1.10 bits per heavy atom. The van der Waals surface area contributed by atoms with E-state index in [0.29, 0.717) is 0 Å². The second-order valence-corrected chi connectivity index (χ2v) is 6.13. The zero-order chi connectivity index (χ0) is 21.0. The van der Waals surface area contributed by atoms with E-state index in [1.807, 2.05) is 60.7 Å². The van der Waals surface area contributed by atoms with Crippen LogP contribution in [0.15, 0.2) is 60.7 Å². The number of anilines is 1. The van der Waals surface area contributed by atoms with E-state index in [1.165, 1.54) is 0 Å². The molecule has 3 aromatic carbocycles. The van der Waals surface area contributed by atoms with Crippen molar-refractivity contribution in [2.45, 2.75) is 6.04 Å². The molecule has 0 bridgehead atoms. The minimum atomic E-state index is -2.29. The van der Waals surface area contributed by atoms with Gasteiger partial charge in [-0.2, -0.15) is 0 Å². The second kappa shape index (κ2) is 8.83. The first kappa shape index (κ1) is 20.5. The molecule has 0 radical (unpaired) electrons. The van der Waals surface area contributed by atoms with Crippen LogP contribution < -0.4 is 10.6 Å². The number of hydrogen-bond acceptors (Lipinski definition) is 2. The molecule has 0 fully saturated rings. The number of carbonyl (C=O) groups excluding carboxylic acids is 1. The van der Waals surface area contributed by atoms with Gasteiger partial charge in [-0.1, -0.05) is 60.7 Å². The second-order valence-electron chi connectivity index (χ2n) is 6.13. The Hall–Kier alpha value is -3.26. The van der Waals surface area contributed by atoms with Crippen LogP contribution in [0, 0.1) is 29.1 Å². The fourth-order valence-electron chi connectivity index (χ4n) is 2.81. The molecule has 0 aliphatic heterocycles. The van der Waals surface area contributed by atoms with Crippen LogP contribution in [0.1, 0.15) is 17.2 Å². The number of hydrogen-bond donors (Lipinski definition) is 2. The third-order valence-corrected chi connectivity index (χ3v) is 4.21. The minimum Gasteiger partial charge on any atom is -0.320 e. The van der Waals surface area contributed by atoms with E-state index in [9.17, 15) is 26.7 Å². The van der Waals surface area contributed by atoms with Gasteiger partial charge in [0.2, 0.25) is 11.7 Å². The van der Waals surface area contributed by atoms with Gasteiger partial charge in [0.25, 0.3) is 0 Å². The predicted octanol–water partition coefficient (Wildman–Crippen LogP) is 4.70. The number of rotatable bonds is 6. The Morgan fingerprint density at radius 3 is 1.55 bits per heavy atom. The molecule has 0 atom stereocenters. The lowest BCUT2D eigenvalue weighted by molar-refractivity contribution is -0.115. The lowest BCUT2D eigenvalue weighted by atomic mass is 9.99. The first-order chi connectivity index (χ1) is 13.9. The van der Waals surface area contributed by atoms with Gasteiger partial charge < -0.3 is 5.32 Å². The van der Waals surface area contributed by atoms with Gasteiger partial charge in [0.05, 0.1) is 12.6 Å². The predicted molar refractivity (Wildman–Crippen MR) is 97.6 cm³/mol. The van der Waals surface area contributed by atoms with Gasteiger partial charge >= 0.3 is 0 Å². The van der Waals surface area contributed by atoms with E-state index in [-0.39, 0.29) is 0 Å². The molecular formula is C21H15F5N2O. The monoisotopic (exact) mass is 406 g/mol. The van der Waals surface area contributed by atoms with E-state index in [1.54, 1.807) is 5.32 Å². The van der Waals surface area contributed by atoms with Gasteiger partial charge in [-0.05, 0) is 11.1 Å². The molecule has 0 heterocycles. The van der Waals surface area contributed by atoms with Crippen LogP contribution in [0.25, 0.3) is 0 Å². The Kier molecular flexibility index (Phi) is 6.23. The highest BCUT2D eigenvalue weighted by atomic mass is 19.2. The van der Waals surface area contributed by atoms with Crippen LogP contribution in [-0.4, -0.2) is 12.5 Å². The minimum absolute atomic E-state index is 0.431. The fraction of sp³-hybridized carbons (Fsp3) is 0.0952. The Balaban J connectivity index is 1.79. The molecule has 0 aromatic heterocycles. The lowest BCUT2D eigenvalue weighted by Gasteiger charge is -2.20. The van der Waals surface area contributed by atoms with Gasteiger partial charge in [-0.25, -0.2) is 22.0 Å². The van der Waals surface area contributed by atoms with Crippen LogP contribution >= 0.6 is 0 Å². The highest BCUT2D eigenvalue weighted by Crippen LogP contribution is 2.27. The summed E-state index contributed by atoms with van der Waals surface area (Å²) in [5, 5.41) is 4.68. The van der Waals surface area contributed by atoms with Crippen molar-refractivity contribution in [3.8, 4) is 0 Å². The van der Waals surface area contributed by atoms with Crippen molar-refractivity contribution in [3.05, 3.63) is 101 Å². The number of amides is 1. The molecule has 3 rings (SSSR count). The molecule has 0 saturated heterocycles. The van der Waals surface area contributed by atoms with Crippen LogP contribution in [-0.2, 0) is 4.79 Å². The molecule has 8 heteroatoms. The molecule has 0 saturated carbocycles. The SMILES string of the molecule is O=C(CNC(c1ccccc1)c1ccccc1)Nc1c(F)c(F)c(F)c(F)c1F. The van der Waals surface area contributed by atoms with E-state index < -0.39 is 53.3 Å². The van der Waals surface area contributed by atoms with Gasteiger partial charge in [0.15, 0.2) is 23.3 Å². The number of benzene rings is 3. The summed E-state index contributed by atoms with van der Waals surface area (Å²) in [4.78, 5) is 12.1. The van der Waals surface area contributed by atoms with Crippen LogP contribution in [0.3, 0.4) is 0 Å². The largest absolute Gasteiger partial charge is 0.320 e. The highest BCUT2D eigenvalue weighted by Gasteiger charge is 2.27. The summed E-state index contributed by atoms with van der Waals surface area (Å²) in [6.45, 7) is -0.437. The normalized spacial score (nSPS) is 11.0. The Morgan fingerprint density at radius 1 is 0.690 bits per heavy atom. The van der Waals surface area contributed by atoms with Crippen molar-refractivity contribution in [1.29, 1.82) is 0 Å². The van der Waals surface area contributed by atoms with Crippen LogP contribution in [0.2, 0.25) is 0 Å². The summed E-state index contributed by atoms with van der Waals surface area (Å²) in [5.41, 5.74) is 0.259. The summed E-state index contributed by atoms with van der Waals surface area (Å²) in [6.07, 6.45) is 0. The van der Waals surface area contributed by atoms with Crippen LogP contribution in [0.4, 0.5) is 27.6 Å². The van der Waals surface area contributed by atoms with Gasteiger partial charge in [0.1, 0.15) is 5.69 Å². The van der Waals surface area contributed by atoms with E-state index >= 15 is 0 Å². The molecule has 2 N–H and O–H groups in total. The van der Waals surface area contributed by atoms with Crippen molar-refractivity contribution < 1.29 is 26.7 Å². The molecular weight excluding hydrogens is 391 g/mol. The number of halogens is 5. The molecule has 0 aliphatic carbocycles. The zero-order valence-corrected chi connectivity index (χ0v) is 14.9. The summed E-state index contributed by atoms with van der Waals surface area (Å²) < 4.78 is 67.1. The molecule has 150 valence electrons. The maximum absolute atomic E-state index is 13.7.